The number of rotatable bonds is 2. The van der Waals surface area contributed by atoms with Crippen molar-refractivity contribution in [2.75, 3.05) is 44.2 Å². The van der Waals surface area contributed by atoms with E-state index in [0.717, 1.165) is 57.0 Å². The Bertz CT molecular complexity index is 382. The van der Waals surface area contributed by atoms with Crippen LogP contribution >= 0.6 is 0 Å². The Kier molecular flexibility index (Phi) is 2.94. The van der Waals surface area contributed by atoms with E-state index in [-0.39, 0.29) is 0 Å². The van der Waals surface area contributed by atoms with E-state index in [0.29, 0.717) is 0 Å². The molecule has 0 unspecified atom stereocenters. The highest BCUT2D eigenvalue weighted by Crippen LogP contribution is 2.15. The fraction of sp³-hybridized carbons (Fsp3) is 0.667. The molecule has 1 aromatic heterocycles. The Morgan fingerprint density at radius 3 is 2.59 bits per heavy atom. The van der Waals surface area contributed by atoms with E-state index in [9.17, 15) is 0 Å². The van der Waals surface area contributed by atoms with Crippen molar-refractivity contribution in [3.63, 3.8) is 0 Å². The normalized spacial score (nSPS) is 22.5. The van der Waals surface area contributed by atoms with Crippen molar-refractivity contribution in [1.82, 2.24) is 20.2 Å². The molecule has 2 saturated heterocycles. The number of aromatic nitrogens is 2. The van der Waals surface area contributed by atoms with E-state index < -0.39 is 0 Å². The number of aryl methyl sites for hydroxylation is 1. The van der Waals surface area contributed by atoms with Gasteiger partial charge in [-0.25, -0.2) is 9.97 Å². The number of nitrogens with one attached hydrogen (secondary N) is 1. The highest BCUT2D eigenvalue weighted by Gasteiger charge is 2.27. The summed E-state index contributed by atoms with van der Waals surface area (Å²) in [6.45, 7) is 8.71. The van der Waals surface area contributed by atoms with Crippen molar-refractivity contribution in [1.29, 1.82) is 0 Å². The third kappa shape index (κ3) is 2.25. The van der Waals surface area contributed by atoms with Gasteiger partial charge in [0.2, 0.25) is 0 Å². The van der Waals surface area contributed by atoms with Crippen LogP contribution in [0.3, 0.4) is 0 Å². The Balaban J connectivity index is 1.60. The minimum atomic E-state index is 0.768. The van der Waals surface area contributed by atoms with Crippen molar-refractivity contribution >= 4 is 5.82 Å². The van der Waals surface area contributed by atoms with Crippen LogP contribution in [0.2, 0.25) is 0 Å². The van der Waals surface area contributed by atoms with Crippen LogP contribution < -0.4 is 10.2 Å². The molecule has 2 fully saturated rings. The minimum Gasteiger partial charge on any atom is -0.354 e. The quantitative estimate of drug-likeness (QED) is 0.771. The second-order valence-electron chi connectivity index (χ2n) is 4.80. The van der Waals surface area contributed by atoms with Gasteiger partial charge in [0, 0.05) is 51.5 Å². The van der Waals surface area contributed by atoms with Crippen LogP contribution in [0.1, 0.15) is 5.82 Å². The van der Waals surface area contributed by atoms with Gasteiger partial charge in [-0.1, -0.05) is 0 Å². The summed E-state index contributed by atoms with van der Waals surface area (Å²) in [4.78, 5) is 13.6. The maximum Gasteiger partial charge on any atom is 0.132 e. The lowest BCUT2D eigenvalue weighted by molar-refractivity contribution is 0.137. The SMILES string of the molecule is Cc1nccc(N2CCN(C3CNC3)CC2)n1. The van der Waals surface area contributed by atoms with Gasteiger partial charge in [-0.05, 0) is 13.0 Å². The standard InChI is InChI=1S/C12H19N5/c1-10-14-3-2-12(15-10)17-6-4-16(5-7-17)11-8-13-9-11/h2-3,11,13H,4-9H2,1H3. The first kappa shape index (κ1) is 10.9. The highest BCUT2D eigenvalue weighted by molar-refractivity contribution is 5.38. The zero-order valence-corrected chi connectivity index (χ0v) is 10.3. The number of hydrogen-bond donors (Lipinski definition) is 1. The zero-order chi connectivity index (χ0) is 11.7. The molecule has 1 aromatic rings. The predicted molar refractivity (Wildman–Crippen MR) is 67.2 cm³/mol. The second-order valence-corrected chi connectivity index (χ2v) is 4.80. The summed E-state index contributed by atoms with van der Waals surface area (Å²) in [5.41, 5.74) is 0. The molecule has 5 heteroatoms. The van der Waals surface area contributed by atoms with Gasteiger partial charge < -0.3 is 10.2 Å². The molecule has 0 aromatic carbocycles. The van der Waals surface area contributed by atoms with Crippen LogP contribution in [-0.2, 0) is 0 Å². The Labute approximate surface area is 102 Å². The zero-order valence-electron chi connectivity index (χ0n) is 10.3. The molecule has 3 heterocycles. The smallest absolute Gasteiger partial charge is 0.132 e. The molecule has 0 aliphatic carbocycles. The molecule has 92 valence electrons. The number of anilines is 1. The Morgan fingerprint density at radius 1 is 1.24 bits per heavy atom. The van der Waals surface area contributed by atoms with E-state index in [1.54, 1.807) is 0 Å². The van der Waals surface area contributed by atoms with E-state index in [1.807, 2.05) is 19.2 Å². The fourth-order valence-electron chi connectivity index (χ4n) is 2.47. The second kappa shape index (κ2) is 4.58. The number of hydrogen-bond acceptors (Lipinski definition) is 5. The van der Waals surface area contributed by atoms with Crippen LogP contribution in [0.25, 0.3) is 0 Å². The maximum atomic E-state index is 4.48. The van der Waals surface area contributed by atoms with Gasteiger partial charge in [-0.3, -0.25) is 4.90 Å². The molecule has 0 atom stereocenters. The lowest BCUT2D eigenvalue weighted by atomic mass is 10.1. The molecule has 1 N–H and O–H groups in total. The summed E-state index contributed by atoms with van der Waals surface area (Å²) >= 11 is 0. The summed E-state index contributed by atoms with van der Waals surface area (Å²) in [6.07, 6.45) is 1.85. The molecule has 2 aliphatic heterocycles. The lowest BCUT2D eigenvalue weighted by Crippen LogP contribution is -2.61. The third-order valence-corrected chi connectivity index (χ3v) is 3.68. The van der Waals surface area contributed by atoms with Crippen LogP contribution in [0.15, 0.2) is 12.3 Å². The van der Waals surface area contributed by atoms with Gasteiger partial charge >= 0.3 is 0 Å². The fourth-order valence-corrected chi connectivity index (χ4v) is 2.47. The molecule has 5 nitrogen and oxygen atoms in total. The van der Waals surface area contributed by atoms with Crippen molar-refractivity contribution in [2.24, 2.45) is 0 Å². The average molecular weight is 233 g/mol. The van der Waals surface area contributed by atoms with Crippen LogP contribution in [0.5, 0.6) is 0 Å². The van der Waals surface area contributed by atoms with Crippen molar-refractivity contribution in [3.8, 4) is 0 Å². The van der Waals surface area contributed by atoms with E-state index >= 15 is 0 Å². The molecule has 0 bridgehead atoms. The highest BCUT2D eigenvalue weighted by atomic mass is 15.3. The van der Waals surface area contributed by atoms with E-state index in [2.05, 4.69) is 25.1 Å². The monoisotopic (exact) mass is 233 g/mol. The van der Waals surface area contributed by atoms with Gasteiger partial charge in [0.25, 0.3) is 0 Å². The van der Waals surface area contributed by atoms with Crippen LogP contribution in [0.4, 0.5) is 5.82 Å². The van der Waals surface area contributed by atoms with Crippen molar-refractivity contribution < 1.29 is 0 Å². The number of nitrogens with zero attached hydrogens (tertiary/aromatic N) is 4. The topological polar surface area (TPSA) is 44.3 Å². The van der Waals surface area contributed by atoms with Crippen molar-refractivity contribution in [3.05, 3.63) is 18.1 Å². The molecule has 2 aliphatic rings. The first-order chi connectivity index (χ1) is 8.33. The molecule has 0 amide bonds. The Hall–Kier alpha value is -1.20. The van der Waals surface area contributed by atoms with E-state index in [1.165, 1.54) is 0 Å². The van der Waals surface area contributed by atoms with Gasteiger partial charge in [0.15, 0.2) is 0 Å². The molecule has 0 spiro atoms. The van der Waals surface area contributed by atoms with Gasteiger partial charge in [0.1, 0.15) is 11.6 Å². The Morgan fingerprint density at radius 2 is 2.00 bits per heavy atom. The maximum absolute atomic E-state index is 4.48. The van der Waals surface area contributed by atoms with Crippen molar-refractivity contribution in [2.45, 2.75) is 13.0 Å². The lowest BCUT2D eigenvalue weighted by Gasteiger charge is -2.43. The molecular weight excluding hydrogens is 214 g/mol. The molecule has 0 radical (unpaired) electrons. The van der Waals surface area contributed by atoms with Crippen LogP contribution in [0, 0.1) is 6.92 Å². The van der Waals surface area contributed by atoms with E-state index in [4.69, 9.17) is 0 Å². The number of piperazine rings is 1. The van der Waals surface area contributed by atoms with Gasteiger partial charge in [0.05, 0.1) is 0 Å². The summed E-state index contributed by atoms with van der Waals surface area (Å²) in [5, 5.41) is 3.33. The van der Waals surface area contributed by atoms with Crippen LogP contribution in [-0.4, -0.2) is 60.2 Å². The largest absolute Gasteiger partial charge is 0.354 e. The summed E-state index contributed by atoms with van der Waals surface area (Å²) in [5.74, 6) is 1.93. The van der Waals surface area contributed by atoms with Gasteiger partial charge in [-0.15, -0.1) is 0 Å². The summed E-state index contributed by atoms with van der Waals surface area (Å²) in [7, 11) is 0. The third-order valence-electron chi connectivity index (χ3n) is 3.68. The molecule has 17 heavy (non-hydrogen) atoms. The predicted octanol–water partition coefficient (Wildman–Crippen LogP) is -0.121. The average Bonchev–Trinajstić information content (AvgIpc) is 2.28. The summed E-state index contributed by atoms with van der Waals surface area (Å²) in [6, 6.07) is 2.78. The molecule has 3 rings (SSSR count). The first-order valence-corrected chi connectivity index (χ1v) is 6.32. The summed E-state index contributed by atoms with van der Waals surface area (Å²) < 4.78 is 0. The molecular formula is C12H19N5. The minimum absolute atomic E-state index is 0.768. The first-order valence-electron chi connectivity index (χ1n) is 6.32. The van der Waals surface area contributed by atoms with Gasteiger partial charge in [-0.2, -0.15) is 0 Å². The molecule has 0 saturated carbocycles.